The first-order chi connectivity index (χ1) is 14.4. The van der Waals surface area contributed by atoms with E-state index in [1.807, 2.05) is 30.3 Å². The van der Waals surface area contributed by atoms with E-state index in [1.165, 1.54) is 22.5 Å². The number of rotatable bonds is 5. The van der Waals surface area contributed by atoms with Gasteiger partial charge in [0, 0.05) is 19.2 Å². The summed E-state index contributed by atoms with van der Waals surface area (Å²) in [7, 11) is -2.23. The topological polar surface area (TPSA) is 84.3 Å². The van der Waals surface area contributed by atoms with Crippen molar-refractivity contribution in [2.75, 3.05) is 18.9 Å². The van der Waals surface area contributed by atoms with Crippen molar-refractivity contribution in [3.05, 3.63) is 87.6 Å². The van der Waals surface area contributed by atoms with Crippen molar-refractivity contribution < 1.29 is 12.8 Å². The Morgan fingerprint density at radius 2 is 1.90 bits per heavy atom. The van der Waals surface area contributed by atoms with Gasteiger partial charge in [0.25, 0.3) is 5.56 Å². The van der Waals surface area contributed by atoms with Crippen LogP contribution in [0.3, 0.4) is 0 Å². The highest BCUT2D eigenvalue weighted by Gasteiger charge is 2.31. The first kappa shape index (κ1) is 20.2. The molecule has 1 aliphatic rings. The Balaban J connectivity index is 1.69. The van der Waals surface area contributed by atoms with Gasteiger partial charge in [-0.1, -0.05) is 36.4 Å². The average molecular weight is 428 g/mol. The molecule has 0 atom stereocenters. The lowest BCUT2D eigenvalue weighted by Crippen LogP contribution is -2.41. The van der Waals surface area contributed by atoms with Crippen molar-refractivity contribution in [3.8, 4) is 0 Å². The summed E-state index contributed by atoms with van der Waals surface area (Å²) in [6.07, 6.45) is 0.245. The Labute approximate surface area is 173 Å². The molecule has 0 saturated carbocycles. The van der Waals surface area contributed by atoms with Crippen molar-refractivity contribution in [1.82, 2.24) is 13.9 Å². The van der Waals surface area contributed by atoms with E-state index in [2.05, 4.69) is 10.3 Å². The molecule has 0 radical (unpaired) electrons. The van der Waals surface area contributed by atoms with Crippen LogP contribution in [0.25, 0.3) is 0 Å². The maximum atomic E-state index is 13.5. The second kappa shape index (κ2) is 8.00. The lowest BCUT2D eigenvalue weighted by Gasteiger charge is -2.28. The zero-order chi connectivity index (χ0) is 21.3. The van der Waals surface area contributed by atoms with E-state index >= 15 is 0 Å². The van der Waals surface area contributed by atoms with Crippen LogP contribution in [-0.2, 0) is 29.5 Å². The molecule has 2 heterocycles. The number of benzene rings is 2. The molecule has 2 aromatic carbocycles. The highest BCUT2D eigenvalue weighted by atomic mass is 32.2. The fraction of sp³-hybridized carbons (Fsp3) is 0.238. The molecule has 0 unspecified atom stereocenters. The van der Waals surface area contributed by atoms with Crippen molar-refractivity contribution in [1.29, 1.82) is 0 Å². The van der Waals surface area contributed by atoms with Gasteiger partial charge in [0.15, 0.2) is 0 Å². The van der Waals surface area contributed by atoms with E-state index in [-0.39, 0.29) is 30.0 Å². The van der Waals surface area contributed by atoms with Crippen LogP contribution < -0.4 is 10.9 Å². The molecule has 30 heavy (non-hydrogen) atoms. The summed E-state index contributed by atoms with van der Waals surface area (Å²) < 4.78 is 42.2. The van der Waals surface area contributed by atoms with E-state index in [9.17, 15) is 17.6 Å². The minimum Gasteiger partial charge on any atom is -0.359 e. The quantitative estimate of drug-likeness (QED) is 0.674. The molecule has 0 aliphatic carbocycles. The minimum atomic E-state index is -3.89. The Kier molecular flexibility index (Phi) is 5.40. The summed E-state index contributed by atoms with van der Waals surface area (Å²) in [5.74, 6) is -0.250. The SMILES string of the molecule is CNc1nc2c(c(=O)n1Cc1ccccc1)CCN(S(=O)(=O)c1cccc(F)c1)C2. The van der Waals surface area contributed by atoms with Crippen LogP contribution in [0.1, 0.15) is 16.8 Å². The first-order valence-corrected chi connectivity index (χ1v) is 10.9. The van der Waals surface area contributed by atoms with Gasteiger partial charge in [0.1, 0.15) is 5.82 Å². The molecule has 1 aliphatic heterocycles. The summed E-state index contributed by atoms with van der Waals surface area (Å²) in [5.41, 5.74) is 1.70. The van der Waals surface area contributed by atoms with Gasteiger partial charge in [-0.3, -0.25) is 9.36 Å². The number of fused-ring (bicyclic) bond motifs is 1. The summed E-state index contributed by atoms with van der Waals surface area (Å²) in [6, 6.07) is 14.5. The molecule has 0 saturated heterocycles. The van der Waals surface area contributed by atoms with Crippen LogP contribution in [0.15, 0.2) is 64.3 Å². The van der Waals surface area contributed by atoms with Crippen LogP contribution in [0.5, 0.6) is 0 Å². The van der Waals surface area contributed by atoms with Gasteiger partial charge in [0.2, 0.25) is 16.0 Å². The predicted octanol–water partition coefficient (Wildman–Crippen LogP) is 2.22. The normalized spacial score (nSPS) is 14.3. The van der Waals surface area contributed by atoms with E-state index in [1.54, 1.807) is 11.6 Å². The van der Waals surface area contributed by atoms with Gasteiger partial charge >= 0.3 is 0 Å². The molecule has 7 nitrogen and oxygen atoms in total. The number of anilines is 1. The lowest BCUT2D eigenvalue weighted by molar-refractivity contribution is 0.381. The fourth-order valence-electron chi connectivity index (χ4n) is 3.59. The van der Waals surface area contributed by atoms with Crippen molar-refractivity contribution in [3.63, 3.8) is 0 Å². The first-order valence-electron chi connectivity index (χ1n) is 9.50. The summed E-state index contributed by atoms with van der Waals surface area (Å²) in [4.78, 5) is 17.6. The number of hydrogen-bond donors (Lipinski definition) is 1. The molecule has 3 aromatic rings. The predicted molar refractivity (Wildman–Crippen MR) is 111 cm³/mol. The highest BCUT2D eigenvalue weighted by molar-refractivity contribution is 7.89. The van der Waals surface area contributed by atoms with Crippen molar-refractivity contribution in [2.45, 2.75) is 24.4 Å². The molecule has 9 heteroatoms. The monoisotopic (exact) mass is 428 g/mol. The lowest BCUT2D eigenvalue weighted by atomic mass is 10.1. The van der Waals surface area contributed by atoms with Gasteiger partial charge in [0.05, 0.1) is 23.7 Å². The van der Waals surface area contributed by atoms with E-state index in [0.29, 0.717) is 23.8 Å². The second-order valence-corrected chi connectivity index (χ2v) is 8.97. The molecule has 4 rings (SSSR count). The Morgan fingerprint density at radius 1 is 1.13 bits per heavy atom. The van der Waals surface area contributed by atoms with Gasteiger partial charge in [-0.2, -0.15) is 4.31 Å². The Hall–Kier alpha value is -3.04. The van der Waals surface area contributed by atoms with E-state index in [4.69, 9.17) is 0 Å². The summed E-state index contributed by atoms with van der Waals surface area (Å²) in [6.45, 7) is 0.457. The van der Waals surface area contributed by atoms with Gasteiger partial charge < -0.3 is 5.32 Å². The smallest absolute Gasteiger partial charge is 0.258 e. The minimum absolute atomic E-state index is 0.0374. The third-order valence-corrected chi connectivity index (χ3v) is 6.97. The Bertz CT molecular complexity index is 1240. The molecular weight excluding hydrogens is 407 g/mol. The number of hydrogen-bond acceptors (Lipinski definition) is 5. The molecule has 0 fully saturated rings. The number of nitrogens with one attached hydrogen (secondary N) is 1. The molecule has 0 bridgehead atoms. The zero-order valence-electron chi connectivity index (χ0n) is 16.4. The van der Waals surface area contributed by atoms with Gasteiger partial charge in [-0.05, 0) is 30.2 Å². The molecular formula is C21H21FN4O3S. The molecule has 0 amide bonds. The second-order valence-electron chi connectivity index (χ2n) is 7.03. The van der Waals surface area contributed by atoms with Crippen LogP contribution in [0.4, 0.5) is 10.3 Å². The number of halogens is 1. The van der Waals surface area contributed by atoms with Crippen molar-refractivity contribution >= 4 is 16.0 Å². The fourth-order valence-corrected chi connectivity index (χ4v) is 5.02. The van der Waals surface area contributed by atoms with Crippen molar-refractivity contribution in [2.24, 2.45) is 0 Å². The standard InChI is InChI=1S/C21H21FN4O3S/c1-23-21-24-19-14-25(30(28,29)17-9-5-8-16(22)12-17)11-10-18(19)20(27)26(21)13-15-6-3-2-4-7-15/h2-9,12H,10-11,13-14H2,1H3,(H,23,24). The van der Waals surface area contributed by atoms with Gasteiger partial charge in [-0.15, -0.1) is 0 Å². The zero-order valence-corrected chi connectivity index (χ0v) is 17.2. The summed E-state index contributed by atoms with van der Waals surface area (Å²) >= 11 is 0. The van der Waals surface area contributed by atoms with E-state index in [0.717, 1.165) is 11.6 Å². The van der Waals surface area contributed by atoms with Gasteiger partial charge in [-0.25, -0.2) is 17.8 Å². The van der Waals surface area contributed by atoms with Crippen LogP contribution in [0.2, 0.25) is 0 Å². The highest BCUT2D eigenvalue weighted by Crippen LogP contribution is 2.24. The largest absolute Gasteiger partial charge is 0.359 e. The number of aromatic nitrogens is 2. The van der Waals surface area contributed by atoms with Crippen LogP contribution >= 0.6 is 0 Å². The molecule has 0 spiro atoms. The Morgan fingerprint density at radius 3 is 2.60 bits per heavy atom. The molecule has 156 valence electrons. The molecule has 1 aromatic heterocycles. The summed E-state index contributed by atoms with van der Waals surface area (Å²) in [5, 5.41) is 2.93. The maximum Gasteiger partial charge on any atom is 0.258 e. The number of nitrogens with zero attached hydrogens (tertiary/aromatic N) is 3. The van der Waals surface area contributed by atoms with Crippen LogP contribution in [-0.4, -0.2) is 35.9 Å². The maximum absolute atomic E-state index is 13.5. The number of sulfonamides is 1. The third kappa shape index (κ3) is 3.73. The van der Waals surface area contributed by atoms with Crippen LogP contribution in [0, 0.1) is 5.82 Å². The average Bonchev–Trinajstić information content (AvgIpc) is 2.76. The third-order valence-electron chi connectivity index (χ3n) is 5.13. The molecule has 1 N–H and O–H groups in total. The van der Waals surface area contributed by atoms with E-state index < -0.39 is 15.8 Å².